The van der Waals surface area contributed by atoms with Crippen LogP contribution >= 0.6 is 0 Å². The Kier molecular flexibility index (Phi) is 13.9. The van der Waals surface area contributed by atoms with Crippen LogP contribution in [0.3, 0.4) is 0 Å². The molecule has 0 aliphatic carbocycles. The molecule has 0 aromatic heterocycles. The number of nitrogens with one attached hydrogen (secondary N) is 1. The van der Waals surface area contributed by atoms with Crippen LogP contribution in [-0.2, 0) is 33.7 Å². The number of alkyl halides is 3. The van der Waals surface area contributed by atoms with E-state index in [4.69, 9.17) is 4.84 Å². The van der Waals surface area contributed by atoms with Crippen LogP contribution in [0.5, 0.6) is 0 Å². The van der Waals surface area contributed by atoms with Gasteiger partial charge in [0.1, 0.15) is 13.1 Å². The third kappa shape index (κ3) is 13.3. The highest BCUT2D eigenvalue weighted by Crippen LogP contribution is 2.30. The first-order valence-corrected chi connectivity index (χ1v) is 14.0. The Bertz CT molecular complexity index is 1070. The molecule has 1 atom stereocenters. The summed E-state index contributed by atoms with van der Waals surface area (Å²) in [6.45, 7) is 2.69. The fourth-order valence-electron chi connectivity index (χ4n) is 4.26. The molecule has 40 heavy (non-hydrogen) atoms. The summed E-state index contributed by atoms with van der Waals surface area (Å²) < 4.78 is 38.5. The molecule has 1 N–H and O–H groups in total. The summed E-state index contributed by atoms with van der Waals surface area (Å²) >= 11 is 0. The lowest BCUT2D eigenvalue weighted by molar-refractivity contribution is -1.07. The zero-order valence-corrected chi connectivity index (χ0v) is 23.5. The number of carbonyl (C=O) groups excluding carboxylic acids is 2. The maximum atomic E-state index is 13.3. The van der Waals surface area contributed by atoms with Gasteiger partial charge < -0.3 is 10.5 Å². The summed E-state index contributed by atoms with van der Waals surface area (Å²) in [5, 5.41) is 16.1. The predicted octanol–water partition coefficient (Wildman–Crippen LogP) is 8.61. The number of carbonyl (C=O) groups is 2. The molecule has 0 spiro atoms. The van der Waals surface area contributed by atoms with Gasteiger partial charge in [0.25, 0.3) is 0 Å². The van der Waals surface area contributed by atoms with Gasteiger partial charge in [0.15, 0.2) is 0 Å². The summed E-state index contributed by atoms with van der Waals surface area (Å²) in [7, 11) is 0. The van der Waals surface area contributed by atoms with E-state index in [-0.39, 0.29) is 19.0 Å². The lowest BCUT2D eigenvalue weighted by Crippen LogP contribution is -2.42. The van der Waals surface area contributed by atoms with Crippen molar-refractivity contribution in [2.75, 3.05) is 5.32 Å². The summed E-state index contributed by atoms with van der Waals surface area (Å²) in [5.74, 6) is -0.882. The molecule has 0 bridgehead atoms. The van der Waals surface area contributed by atoms with Crippen molar-refractivity contribution < 1.29 is 32.4 Å². The van der Waals surface area contributed by atoms with Crippen LogP contribution < -0.4 is 5.32 Å². The summed E-state index contributed by atoms with van der Waals surface area (Å²) in [6.07, 6.45) is 10.5. The van der Waals surface area contributed by atoms with Crippen molar-refractivity contribution in [3.05, 3.63) is 82.6 Å². The van der Waals surface area contributed by atoms with Crippen molar-refractivity contribution in [3.8, 4) is 0 Å². The second kappa shape index (κ2) is 16.8. The van der Waals surface area contributed by atoms with Gasteiger partial charge in [0.05, 0.1) is 5.56 Å². The second-order valence-corrected chi connectivity index (χ2v) is 10.1. The SMILES string of the molecule is CCCC/C=C\CCCCCCCC(=O)Nc1ccc(C[N+]([O-])(Cc2ccc(C(F)(F)F)cc2)OC(C)=O)cc1. The van der Waals surface area contributed by atoms with Gasteiger partial charge in [-0.25, -0.2) is 4.79 Å². The average Bonchev–Trinajstić information content (AvgIpc) is 2.87. The van der Waals surface area contributed by atoms with E-state index in [2.05, 4.69) is 24.4 Å². The standard InChI is InChI=1S/C31H41F3N2O4/c1-3-4-5-6-7-8-9-10-11-12-13-14-30(38)35-29-21-17-27(18-22-29)24-36(39,40-25(2)37)23-26-15-19-28(20-16-26)31(32,33)34/h6-7,15-22H,3-5,8-14,23-24H2,1-2H3,(H,35,38)/b7-6-. The molecule has 6 nitrogen and oxygen atoms in total. The van der Waals surface area contributed by atoms with Crippen molar-refractivity contribution in [1.82, 2.24) is 0 Å². The van der Waals surface area contributed by atoms with Crippen LogP contribution in [0.25, 0.3) is 0 Å². The van der Waals surface area contributed by atoms with Gasteiger partial charge in [-0.1, -0.05) is 75.4 Å². The van der Waals surface area contributed by atoms with Crippen LogP contribution in [0, 0.1) is 5.21 Å². The number of unbranched alkanes of at least 4 members (excludes halogenated alkanes) is 7. The van der Waals surface area contributed by atoms with E-state index >= 15 is 0 Å². The zero-order chi connectivity index (χ0) is 29.4. The van der Waals surface area contributed by atoms with E-state index < -0.39 is 22.5 Å². The molecule has 0 saturated carbocycles. The van der Waals surface area contributed by atoms with E-state index in [0.717, 1.165) is 57.6 Å². The Morgan fingerprint density at radius 3 is 1.93 bits per heavy atom. The molecule has 0 aliphatic rings. The lowest BCUT2D eigenvalue weighted by Gasteiger charge is -2.37. The number of hydrogen-bond donors (Lipinski definition) is 1. The van der Waals surface area contributed by atoms with E-state index in [1.165, 1.54) is 31.4 Å². The zero-order valence-electron chi connectivity index (χ0n) is 23.5. The molecule has 1 unspecified atom stereocenters. The third-order valence-electron chi connectivity index (χ3n) is 6.33. The van der Waals surface area contributed by atoms with Crippen LogP contribution in [0.1, 0.15) is 94.7 Å². The van der Waals surface area contributed by atoms with Crippen molar-refractivity contribution in [3.63, 3.8) is 0 Å². The lowest BCUT2D eigenvalue weighted by atomic mass is 10.1. The Hall–Kier alpha value is -3.17. The molecule has 0 fully saturated rings. The number of anilines is 1. The molecule has 1 amide bonds. The Morgan fingerprint density at radius 2 is 1.38 bits per heavy atom. The van der Waals surface area contributed by atoms with Gasteiger partial charge in [0, 0.05) is 30.2 Å². The molecule has 220 valence electrons. The van der Waals surface area contributed by atoms with Gasteiger partial charge in [-0.2, -0.15) is 18.0 Å². The van der Waals surface area contributed by atoms with Gasteiger partial charge in [0.2, 0.25) is 5.91 Å². The van der Waals surface area contributed by atoms with Gasteiger partial charge in [-0.05, 0) is 49.9 Å². The minimum absolute atomic E-state index is 0.0808. The molecule has 2 aromatic carbocycles. The predicted molar refractivity (Wildman–Crippen MR) is 150 cm³/mol. The number of quaternary nitrogens is 1. The van der Waals surface area contributed by atoms with Crippen molar-refractivity contribution in [2.24, 2.45) is 0 Å². The first-order valence-electron chi connectivity index (χ1n) is 14.0. The molecule has 0 saturated heterocycles. The molecular formula is C31H41F3N2O4. The molecule has 0 heterocycles. The van der Waals surface area contributed by atoms with Crippen LogP contribution in [0.2, 0.25) is 0 Å². The number of hydrogen-bond acceptors (Lipinski definition) is 4. The Balaban J connectivity index is 1.79. The second-order valence-electron chi connectivity index (χ2n) is 10.1. The number of nitrogens with zero attached hydrogens (tertiary/aromatic N) is 1. The maximum Gasteiger partial charge on any atom is 0.416 e. The number of benzene rings is 2. The van der Waals surface area contributed by atoms with E-state index in [0.29, 0.717) is 23.2 Å². The largest absolute Gasteiger partial charge is 0.589 e. The number of hydroxylamine groups is 4. The molecule has 0 aliphatic heterocycles. The average molecular weight is 563 g/mol. The van der Waals surface area contributed by atoms with Crippen LogP contribution in [-0.4, -0.2) is 16.7 Å². The number of amides is 1. The first kappa shape index (κ1) is 33.0. The number of allylic oxidation sites excluding steroid dienone is 2. The molecule has 0 radical (unpaired) electrons. The highest BCUT2D eigenvalue weighted by Gasteiger charge is 2.31. The number of halogens is 3. The van der Waals surface area contributed by atoms with Gasteiger partial charge in [-0.3, -0.25) is 9.63 Å². The van der Waals surface area contributed by atoms with Crippen LogP contribution in [0.4, 0.5) is 18.9 Å². The highest BCUT2D eigenvalue weighted by atomic mass is 19.4. The van der Waals surface area contributed by atoms with Crippen molar-refractivity contribution in [2.45, 2.75) is 97.3 Å². The summed E-state index contributed by atoms with van der Waals surface area (Å²) in [5.41, 5.74) is 0.600. The normalized spacial score (nSPS) is 13.2. The fourth-order valence-corrected chi connectivity index (χ4v) is 4.26. The minimum atomic E-state index is -4.49. The smallest absolute Gasteiger partial charge is 0.416 e. The van der Waals surface area contributed by atoms with Gasteiger partial charge in [-0.15, -0.1) is 0 Å². The van der Waals surface area contributed by atoms with E-state index in [1.807, 2.05) is 0 Å². The summed E-state index contributed by atoms with van der Waals surface area (Å²) in [6, 6.07) is 10.8. The molecular weight excluding hydrogens is 521 g/mol. The van der Waals surface area contributed by atoms with E-state index in [9.17, 15) is 28.0 Å². The van der Waals surface area contributed by atoms with E-state index in [1.54, 1.807) is 24.3 Å². The van der Waals surface area contributed by atoms with Crippen molar-refractivity contribution in [1.29, 1.82) is 0 Å². The van der Waals surface area contributed by atoms with Gasteiger partial charge >= 0.3 is 12.1 Å². The highest BCUT2D eigenvalue weighted by molar-refractivity contribution is 5.90. The topological polar surface area (TPSA) is 78.5 Å². The first-order chi connectivity index (χ1) is 19.0. The molecule has 2 rings (SSSR count). The number of rotatable bonds is 17. The minimum Gasteiger partial charge on any atom is -0.589 e. The summed E-state index contributed by atoms with van der Waals surface area (Å²) in [4.78, 5) is 27.5. The quantitative estimate of drug-likeness (QED) is 0.0906. The molecule has 9 heteroatoms. The molecule has 2 aromatic rings. The Labute approximate surface area is 235 Å². The maximum absolute atomic E-state index is 13.3. The third-order valence-corrected chi connectivity index (χ3v) is 6.33. The van der Waals surface area contributed by atoms with Crippen LogP contribution in [0.15, 0.2) is 60.7 Å². The fraction of sp³-hybridized carbons (Fsp3) is 0.484. The monoisotopic (exact) mass is 562 g/mol. The van der Waals surface area contributed by atoms with Crippen molar-refractivity contribution >= 4 is 17.6 Å². The Morgan fingerprint density at radius 1 is 0.850 bits per heavy atom.